The lowest BCUT2D eigenvalue weighted by Crippen LogP contribution is -2.30. The first-order chi connectivity index (χ1) is 17.5. The molecule has 0 aliphatic rings. The molecule has 0 atom stereocenters. The van der Waals surface area contributed by atoms with Gasteiger partial charge in [0.2, 0.25) is 10.0 Å². The minimum Gasteiger partial charge on any atom is -0.348 e. The Kier molecular flexibility index (Phi) is 7.80. The fourth-order valence-corrected chi connectivity index (χ4v) is 4.90. The van der Waals surface area contributed by atoms with E-state index in [9.17, 15) is 13.2 Å². The highest BCUT2D eigenvalue weighted by atomic mass is 32.2. The fourth-order valence-electron chi connectivity index (χ4n) is 3.50. The molecule has 8 nitrogen and oxygen atoms in total. The van der Waals surface area contributed by atoms with Crippen LogP contribution in [0.15, 0.2) is 102 Å². The molecule has 1 N–H and O–H groups in total. The summed E-state index contributed by atoms with van der Waals surface area (Å²) in [5.41, 5.74) is 3.10. The molecule has 0 saturated carbocycles. The third kappa shape index (κ3) is 6.18. The van der Waals surface area contributed by atoms with Crippen molar-refractivity contribution >= 4 is 15.9 Å². The van der Waals surface area contributed by atoms with E-state index in [0.717, 1.165) is 5.56 Å². The first kappa shape index (κ1) is 24.7. The van der Waals surface area contributed by atoms with Gasteiger partial charge in [-0.1, -0.05) is 18.2 Å². The smallest absolute Gasteiger partial charge is 0.251 e. The van der Waals surface area contributed by atoms with E-state index in [4.69, 9.17) is 5.26 Å². The number of sulfonamides is 1. The molecule has 0 aliphatic carbocycles. The molecule has 0 radical (unpaired) electrons. The highest BCUT2D eigenvalue weighted by Crippen LogP contribution is 2.21. The van der Waals surface area contributed by atoms with Gasteiger partial charge in [-0.2, -0.15) is 9.57 Å². The number of aromatic nitrogens is 2. The molecular formula is C27H23N5O3S. The van der Waals surface area contributed by atoms with Gasteiger partial charge in [-0.05, 0) is 71.8 Å². The largest absolute Gasteiger partial charge is 0.348 e. The third-order valence-electron chi connectivity index (χ3n) is 5.46. The van der Waals surface area contributed by atoms with Crippen molar-refractivity contribution < 1.29 is 13.2 Å². The molecule has 2 aromatic heterocycles. The van der Waals surface area contributed by atoms with E-state index in [1.54, 1.807) is 61.1 Å². The number of nitriles is 1. The van der Waals surface area contributed by atoms with Gasteiger partial charge in [-0.25, -0.2) is 8.42 Å². The van der Waals surface area contributed by atoms with Gasteiger partial charge in [0.25, 0.3) is 5.91 Å². The van der Waals surface area contributed by atoms with Crippen LogP contribution in [0, 0.1) is 11.3 Å². The maximum Gasteiger partial charge on any atom is 0.251 e. The third-order valence-corrected chi connectivity index (χ3v) is 7.27. The monoisotopic (exact) mass is 497 g/mol. The summed E-state index contributed by atoms with van der Waals surface area (Å²) in [6, 6.07) is 23.6. The van der Waals surface area contributed by atoms with Gasteiger partial charge < -0.3 is 5.32 Å². The Morgan fingerprint density at radius 1 is 0.861 bits per heavy atom. The van der Waals surface area contributed by atoms with E-state index in [0.29, 0.717) is 28.9 Å². The molecular weight excluding hydrogens is 474 g/mol. The topological polar surface area (TPSA) is 116 Å². The van der Waals surface area contributed by atoms with Crippen molar-refractivity contribution in [2.24, 2.45) is 0 Å². The summed E-state index contributed by atoms with van der Waals surface area (Å²) < 4.78 is 28.3. The van der Waals surface area contributed by atoms with E-state index in [2.05, 4.69) is 15.3 Å². The molecule has 9 heteroatoms. The molecule has 0 unspecified atom stereocenters. The molecule has 36 heavy (non-hydrogen) atoms. The van der Waals surface area contributed by atoms with E-state index in [1.807, 2.05) is 18.2 Å². The summed E-state index contributed by atoms with van der Waals surface area (Å²) in [6.45, 7) is 0.527. The second-order valence-electron chi connectivity index (χ2n) is 7.97. The molecule has 0 spiro atoms. The Balaban J connectivity index is 1.52. The minimum atomic E-state index is -3.89. The summed E-state index contributed by atoms with van der Waals surface area (Å²) in [5, 5.41) is 11.9. The van der Waals surface area contributed by atoms with Gasteiger partial charge in [0.1, 0.15) is 0 Å². The molecule has 2 heterocycles. The molecule has 0 saturated heterocycles. The standard InChI is InChI=1S/C27H23N5O3S/c28-17-21-6-10-26(11-7-21)36(34,35)32(20-25-3-1-2-14-30-25)19-23-4-8-24(9-5-23)27(33)31-18-22-12-15-29-16-13-22/h1-16H,18-20H2,(H,31,33). The zero-order chi connectivity index (χ0) is 25.4. The molecule has 4 aromatic rings. The number of nitrogens with zero attached hydrogens (tertiary/aromatic N) is 4. The number of amides is 1. The van der Waals surface area contributed by atoms with Gasteiger partial charge in [0.05, 0.1) is 28.8 Å². The van der Waals surface area contributed by atoms with Crippen LogP contribution < -0.4 is 5.32 Å². The predicted octanol–water partition coefficient (Wildman–Crippen LogP) is 3.67. The molecule has 0 bridgehead atoms. The Labute approximate surface area is 209 Å². The van der Waals surface area contributed by atoms with Crippen molar-refractivity contribution in [3.05, 3.63) is 125 Å². The lowest BCUT2D eigenvalue weighted by Gasteiger charge is -2.22. The molecule has 180 valence electrons. The van der Waals surface area contributed by atoms with Crippen LogP contribution in [-0.4, -0.2) is 28.6 Å². The van der Waals surface area contributed by atoms with Crippen molar-refractivity contribution in [1.29, 1.82) is 5.26 Å². The minimum absolute atomic E-state index is 0.0668. The van der Waals surface area contributed by atoms with E-state index in [1.165, 1.54) is 28.6 Å². The van der Waals surface area contributed by atoms with E-state index in [-0.39, 0.29) is 23.9 Å². The summed E-state index contributed by atoms with van der Waals surface area (Å²) in [4.78, 5) is 20.8. The molecule has 2 aromatic carbocycles. The number of carbonyl (C=O) groups excluding carboxylic acids is 1. The first-order valence-corrected chi connectivity index (χ1v) is 12.6. The second-order valence-corrected chi connectivity index (χ2v) is 9.90. The van der Waals surface area contributed by atoms with Crippen molar-refractivity contribution in [1.82, 2.24) is 19.6 Å². The number of hydrogen-bond donors (Lipinski definition) is 1. The van der Waals surface area contributed by atoms with Crippen LogP contribution in [0.1, 0.15) is 32.7 Å². The van der Waals surface area contributed by atoms with Gasteiger partial charge in [0, 0.05) is 37.2 Å². The molecule has 0 fully saturated rings. The number of rotatable bonds is 9. The summed E-state index contributed by atoms with van der Waals surface area (Å²) in [7, 11) is -3.89. The van der Waals surface area contributed by atoms with Crippen molar-refractivity contribution in [3.63, 3.8) is 0 Å². The SMILES string of the molecule is N#Cc1ccc(S(=O)(=O)N(Cc2ccc(C(=O)NCc3ccncc3)cc2)Cc2ccccn2)cc1. The maximum absolute atomic E-state index is 13.5. The average molecular weight is 498 g/mol. The average Bonchev–Trinajstić information content (AvgIpc) is 2.93. The molecule has 4 rings (SSSR count). The highest BCUT2D eigenvalue weighted by molar-refractivity contribution is 7.89. The van der Waals surface area contributed by atoms with Crippen LogP contribution in [0.2, 0.25) is 0 Å². The number of nitrogens with one attached hydrogen (secondary N) is 1. The van der Waals surface area contributed by atoms with Crippen LogP contribution in [0.3, 0.4) is 0 Å². The van der Waals surface area contributed by atoms with E-state index < -0.39 is 10.0 Å². The predicted molar refractivity (Wildman–Crippen MR) is 134 cm³/mol. The summed E-state index contributed by atoms with van der Waals surface area (Å²) >= 11 is 0. The lowest BCUT2D eigenvalue weighted by molar-refractivity contribution is 0.0951. The second kappa shape index (κ2) is 11.4. The van der Waals surface area contributed by atoms with Gasteiger partial charge in [-0.15, -0.1) is 0 Å². The first-order valence-electron chi connectivity index (χ1n) is 11.1. The van der Waals surface area contributed by atoms with Crippen LogP contribution in [0.5, 0.6) is 0 Å². The Morgan fingerprint density at radius 2 is 1.58 bits per heavy atom. The van der Waals surface area contributed by atoms with Crippen LogP contribution in [0.25, 0.3) is 0 Å². The summed E-state index contributed by atoms with van der Waals surface area (Å²) in [5.74, 6) is -0.228. The van der Waals surface area contributed by atoms with Crippen molar-refractivity contribution in [2.75, 3.05) is 0 Å². The normalized spacial score (nSPS) is 11.1. The van der Waals surface area contributed by atoms with Crippen molar-refractivity contribution in [3.8, 4) is 6.07 Å². The molecule has 0 aliphatic heterocycles. The molecule has 1 amide bonds. The maximum atomic E-state index is 13.5. The van der Waals surface area contributed by atoms with Gasteiger partial charge in [0.15, 0.2) is 0 Å². The highest BCUT2D eigenvalue weighted by Gasteiger charge is 2.25. The Morgan fingerprint density at radius 3 is 2.22 bits per heavy atom. The number of benzene rings is 2. The van der Waals surface area contributed by atoms with Crippen LogP contribution in [0.4, 0.5) is 0 Å². The number of carbonyl (C=O) groups is 1. The zero-order valence-corrected chi connectivity index (χ0v) is 20.1. The van der Waals surface area contributed by atoms with Gasteiger partial charge in [-0.3, -0.25) is 14.8 Å². The Bertz CT molecular complexity index is 1450. The van der Waals surface area contributed by atoms with Crippen LogP contribution in [-0.2, 0) is 29.7 Å². The fraction of sp³-hybridized carbons (Fsp3) is 0.111. The Hall–Kier alpha value is -4.39. The van der Waals surface area contributed by atoms with Crippen LogP contribution >= 0.6 is 0 Å². The van der Waals surface area contributed by atoms with E-state index >= 15 is 0 Å². The zero-order valence-electron chi connectivity index (χ0n) is 19.3. The van der Waals surface area contributed by atoms with Gasteiger partial charge >= 0.3 is 0 Å². The quantitative estimate of drug-likeness (QED) is 0.377. The summed E-state index contributed by atoms with van der Waals surface area (Å²) in [6.07, 6.45) is 4.94. The lowest BCUT2D eigenvalue weighted by atomic mass is 10.1. The van der Waals surface area contributed by atoms with Crippen molar-refractivity contribution in [2.45, 2.75) is 24.5 Å². The number of pyridine rings is 2. The number of hydrogen-bond acceptors (Lipinski definition) is 6.